The Morgan fingerprint density at radius 1 is 1.00 bits per heavy atom. The molecule has 0 spiro atoms. The molecule has 0 fully saturated rings. The zero-order chi connectivity index (χ0) is 15.2. The molecule has 0 aliphatic carbocycles. The molecule has 0 bridgehead atoms. The number of rotatable bonds is 8. The Balaban J connectivity index is 3.38. The summed E-state index contributed by atoms with van der Waals surface area (Å²) in [5.74, 6) is 0. The van der Waals surface area contributed by atoms with Gasteiger partial charge in [-0.1, -0.05) is 64.6 Å². The summed E-state index contributed by atoms with van der Waals surface area (Å²) in [6.45, 7) is 19.9. The first-order valence-electron chi connectivity index (χ1n) is 7.81. The Kier molecular flexibility index (Phi) is 6.66. The standard InChI is InChI=1S/C17H30N2Si/c1-7-16-13-12-14-17(15-16)20(6,18(8-2)9-3)19(10-4)11-5/h7,12-15H,1,8-11H2,2-6H3. The van der Waals surface area contributed by atoms with Crippen molar-refractivity contribution in [2.24, 2.45) is 0 Å². The Morgan fingerprint density at radius 2 is 1.50 bits per heavy atom. The lowest BCUT2D eigenvalue weighted by atomic mass is 10.2. The van der Waals surface area contributed by atoms with Crippen LogP contribution >= 0.6 is 0 Å². The van der Waals surface area contributed by atoms with Gasteiger partial charge in [-0.15, -0.1) is 0 Å². The molecule has 0 atom stereocenters. The summed E-state index contributed by atoms with van der Waals surface area (Å²) in [7, 11) is -1.81. The van der Waals surface area contributed by atoms with Gasteiger partial charge in [0, 0.05) is 0 Å². The molecule has 1 aromatic rings. The summed E-state index contributed by atoms with van der Waals surface area (Å²) >= 11 is 0. The van der Waals surface area contributed by atoms with Gasteiger partial charge in [-0.25, -0.2) is 0 Å². The summed E-state index contributed by atoms with van der Waals surface area (Å²) in [5, 5.41) is 1.49. The molecule has 112 valence electrons. The summed E-state index contributed by atoms with van der Waals surface area (Å²) in [5.41, 5.74) is 1.22. The van der Waals surface area contributed by atoms with E-state index in [0.717, 1.165) is 26.2 Å². The molecule has 0 radical (unpaired) electrons. The van der Waals surface area contributed by atoms with Gasteiger partial charge in [0.15, 0.2) is 0 Å². The third kappa shape index (κ3) is 3.22. The molecule has 20 heavy (non-hydrogen) atoms. The van der Waals surface area contributed by atoms with E-state index < -0.39 is 8.40 Å². The van der Waals surface area contributed by atoms with E-state index in [2.05, 4.69) is 74.2 Å². The highest BCUT2D eigenvalue weighted by molar-refractivity contribution is 6.86. The monoisotopic (exact) mass is 290 g/mol. The van der Waals surface area contributed by atoms with Crippen LogP contribution in [0.2, 0.25) is 6.55 Å². The highest BCUT2D eigenvalue weighted by atomic mass is 28.3. The van der Waals surface area contributed by atoms with Crippen molar-refractivity contribution in [1.29, 1.82) is 0 Å². The summed E-state index contributed by atoms with van der Waals surface area (Å²) in [6, 6.07) is 8.94. The first-order chi connectivity index (χ1) is 9.58. The van der Waals surface area contributed by atoms with Gasteiger partial charge in [-0.3, -0.25) is 0 Å². The van der Waals surface area contributed by atoms with Gasteiger partial charge in [0.1, 0.15) is 0 Å². The normalized spacial score (nSPS) is 12.2. The van der Waals surface area contributed by atoms with Crippen LogP contribution in [0.1, 0.15) is 33.3 Å². The fourth-order valence-electron chi connectivity index (χ4n) is 3.20. The van der Waals surface area contributed by atoms with Gasteiger partial charge in [-0.2, -0.15) is 0 Å². The molecule has 0 aliphatic heterocycles. The lowest BCUT2D eigenvalue weighted by Gasteiger charge is -2.46. The van der Waals surface area contributed by atoms with Crippen molar-refractivity contribution in [2.75, 3.05) is 26.2 Å². The molecule has 0 saturated carbocycles. The maximum Gasteiger partial charge on any atom is 0.236 e. The van der Waals surface area contributed by atoms with Crippen LogP contribution in [0.3, 0.4) is 0 Å². The minimum absolute atomic E-state index is 1.11. The molecule has 0 aromatic heterocycles. The van der Waals surface area contributed by atoms with E-state index >= 15 is 0 Å². The summed E-state index contributed by atoms with van der Waals surface area (Å²) in [4.78, 5) is 0. The van der Waals surface area contributed by atoms with Crippen molar-refractivity contribution in [1.82, 2.24) is 9.13 Å². The van der Waals surface area contributed by atoms with Crippen LogP contribution in [0, 0.1) is 0 Å². The second-order valence-electron chi connectivity index (χ2n) is 5.19. The molecule has 0 amide bonds. The summed E-state index contributed by atoms with van der Waals surface area (Å²) < 4.78 is 5.34. The van der Waals surface area contributed by atoms with Crippen molar-refractivity contribution in [3.05, 3.63) is 36.4 Å². The summed E-state index contributed by atoms with van der Waals surface area (Å²) in [6.07, 6.45) is 1.95. The second-order valence-corrected chi connectivity index (χ2v) is 9.08. The van der Waals surface area contributed by atoms with E-state index in [1.165, 1.54) is 10.8 Å². The Bertz CT molecular complexity index is 411. The minimum Gasteiger partial charge on any atom is -0.309 e. The third-order valence-corrected chi connectivity index (χ3v) is 9.56. The van der Waals surface area contributed by atoms with Crippen molar-refractivity contribution >= 4 is 19.7 Å². The number of hydrogen-bond acceptors (Lipinski definition) is 2. The van der Waals surface area contributed by atoms with Crippen molar-refractivity contribution in [3.8, 4) is 0 Å². The average molecular weight is 291 g/mol. The lowest BCUT2D eigenvalue weighted by Crippen LogP contribution is -2.70. The van der Waals surface area contributed by atoms with E-state index in [4.69, 9.17) is 0 Å². The Morgan fingerprint density at radius 3 is 1.90 bits per heavy atom. The Hall–Kier alpha value is -0.903. The number of hydrogen-bond donors (Lipinski definition) is 0. The molecule has 3 heteroatoms. The van der Waals surface area contributed by atoms with E-state index in [9.17, 15) is 0 Å². The predicted molar refractivity (Wildman–Crippen MR) is 93.6 cm³/mol. The first-order valence-corrected chi connectivity index (χ1v) is 10.2. The minimum atomic E-state index is -1.81. The maximum atomic E-state index is 3.91. The second kappa shape index (κ2) is 7.77. The topological polar surface area (TPSA) is 6.48 Å². The van der Waals surface area contributed by atoms with Crippen LogP contribution in [0.5, 0.6) is 0 Å². The van der Waals surface area contributed by atoms with Gasteiger partial charge < -0.3 is 9.13 Å². The molecule has 1 rings (SSSR count). The van der Waals surface area contributed by atoms with Gasteiger partial charge in [0.2, 0.25) is 8.40 Å². The molecule has 0 heterocycles. The predicted octanol–water partition coefficient (Wildman–Crippen LogP) is 3.29. The largest absolute Gasteiger partial charge is 0.309 e. The van der Waals surface area contributed by atoms with Gasteiger partial charge in [0.05, 0.1) is 0 Å². The van der Waals surface area contributed by atoms with E-state index in [1.54, 1.807) is 0 Å². The van der Waals surface area contributed by atoms with Crippen molar-refractivity contribution in [3.63, 3.8) is 0 Å². The van der Waals surface area contributed by atoms with E-state index in [-0.39, 0.29) is 0 Å². The van der Waals surface area contributed by atoms with Crippen LogP contribution in [0.25, 0.3) is 6.08 Å². The third-order valence-electron chi connectivity index (χ3n) is 4.43. The van der Waals surface area contributed by atoms with Gasteiger partial charge in [-0.05, 0) is 43.5 Å². The number of benzene rings is 1. The molecule has 2 nitrogen and oxygen atoms in total. The van der Waals surface area contributed by atoms with E-state index in [1.807, 2.05) is 6.08 Å². The van der Waals surface area contributed by atoms with Crippen molar-refractivity contribution in [2.45, 2.75) is 34.2 Å². The molecule has 1 aromatic carbocycles. The first kappa shape index (κ1) is 17.1. The molecule has 0 unspecified atom stereocenters. The fourth-order valence-corrected chi connectivity index (χ4v) is 7.65. The van der Waals surface area contributed by atoms with Crippen LogP contribution in [0.4, 0.5) is 0 Å². The van der Waals surface area contributed by atoms with E-state index in [0.29, 0.717) is 0 Å². The fraction of sp³-hybridized carbons (Fsp3) is 0.529. The molecular formula is C17H30N2Si. The average Bonchev–Trinajstić information content (AvgIpc) is 2.49. The van der Waals surface area contributed by atoms with Crippen molar-refractivity contribution < 1.29 is 0 Å². The number of nitrogens with zero attached hydrogens (tertiary/aromatic N) is 2. The highest BCUT2D eigenvalue weighted by Crippen LogP contribution is 2.17. The van der Waals surface area contributed by atoms with Gasteiger partial charge in [0.25, 0.3) is 0 Å². The van der Waals surface area contributed by atoms with Crippen LogP contribution in [-0.4, -0.2) is 43.7 Å². The van der Waals surface area contributed by atoms with Crippen LogP contribution < -0.4 is 5.19 Å². The zero-order valence-corrected chi connectivity index (χ0v) is 14.8. The van der Waals surface area contributed by atoms with Crippen LogP contribution in [0.15, 0.2) is 30.8 Å². The molecule has 0 aliphatic rings. The molecule has 0 N–H and O–H groups in total. The molecule has 0 saturated heterocycles. The molecular weight excluding hydrogens is 260 g/mol. The lowest BCUT2D eigenvalue weighted by molar-refractivity contribution is 0.367. The Labute approximate surface area is 126 Å². The zero-order valence-electron chi connectivity index (χ0n) is 13.8. The smallest absolute Gasteiger partial charge is 0.236 e. The maximum absolute atomic E-state index is 3.91. The van der Waals surface area contributed by atoms with Gasteiger partial charge >= 0.3 is 0 Å². The quantitative estimate of drug-likeness (QED) is 0.678. The highest BCUT2D eigenvalue weighted by Gasteiger charge is 2.40. The van der Waals surface area contributed by atoms with Crippen LogP contribution in [-0.2, 0) is 0 Å². The SMILES string of the molecule is C=Cc1cccc([Si](C)(N(CC)CC)N(CC)CC)c1.